The number of para-hydroxylation sites is 3. The van der Waals surface area contributed by atoms with Crippen LogP contribution in [-0.2, 0) is 16.1 Å². The van der Waals surface area contributed by atoms with Gasteiger partial charge in [0.25, 0.3) is 17.4 Å². The molecule has 2 N–H and O–H groups in total. The van der Waals surface area contributed by atoms with Crippen LogP contribution in [-0.4, -0.2) is 38.5 Å². The SMILES string of the molecule is CO.O=C1C(=C/C=C/C=C/c2c(O)n(Cc3ccccc3)n(-c3ccccc3)c2=O)C(=O)N(c2ccccc2)N1c1ccccc1. The van der Waals surface area contributed by atoms with E-state index < -0.39 is 11.8 Å². The Bertz CT molecular complexity index is 1890. The van der Waals surface area contributed by atoms with Gasteiger partial charge in [-0.25, -0.2) is 19.4 Å². The molecular weight excluding hydrogens is 580 g/mol. The van der Waals surface area contributed by atoms with E-state index in [4.69, 9.17) is 5.11 Å². The minimum Gasteiger partial charge on any atom is -0.493 e. The van der Waals surface area contributed by atoms with Crippen molar-refractivity contribution in [1.82, 2.24) is 9.36 Å². The molecule has 0 radical (unpaired) electrons. The summed E-state index contributed by atoms with van der Waals surface area (Å²) in [4.78, 5) is 40.4. The van der Waals surface area contributed by atoms with Gasteiger partial charge in [0.2, 0.25) is 5.88 Å². The second kappa shape index (κ2) is 14.5. The normalized spacial score (nSPS) is 13.0. The van der Waals surface area contributed by atoms with Crippen LogP contribution in [0.5, 0.6) is 5.88 Å². The predicted molar refractivity (Wildman–Crippen MR) is 179 cm³/mol. The zero-order chi connectivity index (χ0) is 32.5. The first-order valence-corrected chi connectivity index (χ1v) is 14.5. The van der Waals surface area contributed by atoms with Crippen molar-refractivity contribution in [1.29, 1.82) is 0 Å². The fraction of sp³-hybridized carbons (Fsp3) is 0.0541. The molecule has 5 aromatic rings. The number of aromatic hydroxyl groups is 1. The number of carbonyl (C=O) groups excluding carboxylic acids is 2. The van der Waals surface area contributed by atoms with Gasteiger partial charge in [-0.2, -0.15) is 0 Å². The average Bonchev–Trinajstić information content (AvgIpc) is 3.50. The summed E-state index contributed by atoms with van der Waals surface area (Å²) >= 11 is 0. The quantitative estimate of drug-likeness (QED) is 0.137. The fourth-order valence-electron chi connectivity index (χ4n) is 5.04. The number of allylic oxidation sites excluding steroid dienone is 4. The molecule has 230 valence electrons. The van der Waals surface area contributed by atoms with Crippen LogP contribution in [0.25, 0.3) is 11.8 Å². The second-order valence-corrected chi connectivity index (χ2v) is 9.96. The summed E-state index contributed by atoms with van der Waals surface area (Å²) < 4.78 is 2.98. The van der Waals surface area contributed by atoms with Crippen molar-refractivity contribution >= 4 is 29.3 Å². The van der Waals surface area contributed by atoms with Crippen molar-refractivity contribution in [3.8, 4) is 11.6 Å². The average molecular weight is 613 g/mol. The Balaban J connectivity index is 0.00000204. The number of aliphatic hydroxyl groups is 1. The molecule has 1 aliphatic rings. The van der Waals surface area contributed by atoms with Crippen molar-refractivity contribution in [2.75, 3.05) is 17.1 Å². The van der Waals surface area contributed by atoms with E-state index in [-0.39, 0.29) is 29.1 Å². The third kappa shape index (κ3) is 6.35. The van der Waals surface area contributed by atoms with Crippen molar-refractivity contribution in [3.05, 3.63) is 173 Å². The number of anilines is 2. The monoisotopic (exact) mass is 612 g/mol. The number of rotatable bonds is 8. The van der Waals surface area contributed by atoms with E-state index in [1.165, 1.54) is 31.5 Å². The number of hydrogen-bond donors (Lipinski definition) is 2. The molecule has 4 aromatic carbocycles. The Kier molecular flexibility index (Phi) is 9.86. The molecule has 9 nitrogen and oxygen atoms in total. The lowest BCUT2D eigenvalue weighted by atomic mass is 10.2. The molecule has 6 rings (SSSR count). The lowest BCUT2D eigenvalue weighted by Gasteiger charge is -2.27. The van der Waals surface area contributed by atoms with E-state index in [9.17, 15) is 19.5 Å². The highest BCUT2D eigenvalue weighted by Crippen LogP contribution is 2.31. The van der Waals surface area contributed by atoms with Crippen LogP contribution in [0.3, 0.4) is 0 Å². The zero-order valence-electron chi connectivity index (χ0n) is 25.0. The second-order valence-electron chi connectivity index (χ2n) is 9.96. The predicted octanol–water partition coefficient (Wildman–Crippen LogP) is 5.49. The molecule has 0 spiro atoms. The Morgan fingerprint density at radius 3 is 1.54 bits per heavy atom. The maximum absolute atomic E-state index is 13.5. The van der Waals surface area contributed by atoms with E-state index in [0.717, 1.165) is 12.7 Å². The van der Waals surface area contributed by atoms with Crippen molar-refractivity contribution in [2.24, 2.45) is 0 Å². The highest BCUT2D eigenvalue weighted by molar-refractivity contribution is 6.36. The van der Waals surface area contributed by atoms with Crippen LogP contribution in [0.2, 0.25) is 0 Å². The van der Waals surface area contributed by atoms with Crippen LogP contribution < -0.4 is 15.6 Å². The molecule has 0 saturated carbocycles. The van der Waals surface area contributed by atoms with Gasteiger partial charge < -0.3 is 10.2 Å². The zero-order valence-corrected chi connectivity index (χ0v) is 25.0. The molecule has 9 heteroatoms. The largest absolute Gasteiger partial charge is 0.493 e. The van der Waals surface area contributed by atoms with Crippen molar-refractivity contribution in [2.45, 2.75) is 6.54 Å². The number of aliphatic hydroxyl groups excluding tert-OH is 1. The lowest BCUT2D eigenvalue weighted by Crippen LogP contribution is -2.41. The molecule has 46 heavy (non-hydrogen) atoms. The third-order valence-corrected chi connectivity index (χ3v) is 7.12. The Morgan fingerprint density at radius 1 is 0.587 bits per heavy atom. The molecule has 1 aliphatic heterocycles. The molecule has 0 atom stereocenters. The van der Waals surface area contributed by atoms with E-state index >= 15 is 0 Å². The molecule has 2 heterocycles. The number of hydrogen-bond acceptors (Lipinski definition) is 5. The van der Waals surface area contributed by atoms with Crippen LogP contribution in [0.1, 0.15) is 11.1 Å². The van der Waals surface area contributed by atoms with Gasteiger partial charge in [-0.1, -0.05) is 103 Å². The Hall–Kier alpha value is -6.19. The molecule has 0 unspecified atom stereocenters. The number of hydrazine groups is 1. The first kappa shape index (κ1) is 31.2. The number of nitrogens with zero attached hydrogens (tertiary/aromatic N) is 4. The molecule has 1 aromatic heterocycles. The van der Waals surface area contributed by atoms with Gasteiger partial charge in [0.15, 0.2) is 0 Å². The smallest absolute Gasteiger partial charge is 0.283 e. The van der Waals surface area contributed by atoms with Gasteiger partial charge in [-0.05, 0) is 54.1 Å². The number of carbonyl (C=O) groups is 2. The van der Waals surface area contributed by atoms with Crippen molar-refractivity contribution in [3.63, 3.8) is 0 Å². The first-order chi connectivity index (χ1) is 22.5. The third-order valence-electron chi connectivity index (χ3n) is 7.12. The number of benzene rings is 4. The van der Waals surface area contributed by atoms with Crippen LogP contribution in [0.4, 0.5) is 11.4 Å². The highest BCUT2D eigenvalue weighted by atomic mass is 16.3. The molecule has 1 fully saturated rings. The summed E-state index contributed by atoms with van der Waals surface area (Å²) in [6.07, 6.45) is 7.72. The van der Waals surface area contributed by atoms with Gasteiger partial charge in [0.1, 0.15) is 11.1 Å². The number of amides is 2. The minimum absolute atomic E-state index is 0.00866. The molecule has 1 saturated heterocycles. The molecule has 0 aliphatic carbocycles. The maximum atomic E-state index is 13.5. The van der Waals surface area contributed by atoms with Gasteiger partial charge in [-0.15, -0.1) is 0 Å². The van der Waals surface area contributed by atoms with Gasteiger partial charge in [0, 0.05) is 7.11 Å². The van der Waals surface area contributed by atoms with Crippen molar-refractivity contribution < 1.29 is 19.8 Å². The van der Waals surface area contributed by atoms with E-state index in [0.29, 0.717) is 17.1 Å². The Morgan fingerprint density at radius 2 is 1.04 bits per heavy atom. The summed E-state index contributed by atoms with van der Waals surface area (Å²) in [6.45, 7) is 0.284. The lowest BCUT2D eigenvalue weighted by molar-refractivity contribution is -0.116. The van der Waals surface area contributed by atoms with Gasteiger partial charge >= 0.3 is 0 Å². The fourth-order valence-corrected chi connectivity index (χ4v) is 5.04. The van der Waals surface area contributed by atoms with E-state index in [1.54, 1.807) is 78.9 Å². The molecule has 0 bridgehead atoms. The maximum Gasteiger partial charge on any atom is 0.283 e. The number of aromatic nitrogens is 2. The minimum atomic E-state index is -0.458. The summed E-state index contributed by atoms with van der Waals surface area (Å²) in [5.74, 6) is -1.09. The van der Waals surface area contributed by atoms with E-state index in [2.05, 4.69) is 0 Å². The first-order valence-electron chi connectivity index (χ1n) is 14.5. The highest BCUT2D eigenvalue weighted by Gasteiger charge is 2.42. The summed E-state index contributed by atoms with van der Waals surface area (Å²) in [5, 5.41) is 20.8. The van der Waals surface area contributed by atoms with E-state index in [1.807, 2.05) is 60.7 Å². The van der Waals surface area contributed by atoms with Gasteiger partial charge in [-0.3, -0.25) is 14.4 Å². The summed E-state index contributed by atoms with van der Waals surface area (Å²) in [7, 11) is 1.00. The molecule has 2 amide bonds. The topological polar surface area (TPSA) is 108 Å². The Labute approximate surface area is 266 Å². The van der Waals surface area contributed by atoms with Gasteiger partial charge in [0.05, 0.1) is 23.6 Å². The molecular formula is C37H32N4O5. The summed E-state index contributed by atoms with van der Waals surface area (Å²) in [5.41, 5.74) is 2.38. The van der Waals surface area contributed by atoms with Crippen LogP contribution in [0, 0.1) is 0 Å². The standard InChI is InChI=1S/C36H28N4O4.CH4O/c41-33-31(34(42)38(28-18-8-2-9-19-28)37(33)26-27-16-6-1-7-17-27)24-14-5-15-25-32-35(43)39(29-20-10-3-11-21-29)40(36(32)44)30-22-12-4-13-23-30;1-2/h1-25,41H,26H2;2H,1H3/b15-5+,24-14+;. The van der Waals surface area contributed by atoms with Crippen LogP contribution in [0.15, 0.2) is 156 Å². The van der Waals surface area contributed by atoms with Crippen LogP contribution >= 0.6 is 0 Å². The summed E-state index contributed by atoms with van der Waals surface area (Å²) in [6, 6.07) is 36.6.